The second-order valence-corrected chi connectivity index (χ2v) is 5.27. The first-order valence-electron chi connectivity index (χ1n) is 5.75. The van der Waals surface area contributed by atoms with Gasteiger partial charge in [0.25, 0.3) is 0 Å². The Bertz CT molecular complexity index is 673. The first-order valence-corrected chi connectivity index (χ1v) is 6.63. The lowest BCUT2D eigenvalue weighted by Gasteiger charge is -2.07. The second-order valence-electron chi connectivity index (χ2n) is 4.21. The van der Waals surface area contributed by atoms with Gasteiger partial charge in [-0.2, -0.15) is 5.10 Å². The van der Waals surface area contributed by atoms with Crippen molar-refractivity contribution in [2.24, 2.45) is 0 Å². The number of aryl methyl sites for hydroxylation is 1. The fraction of sp³-hybridized carbons (Fsp3) is 0.231. The number of aliphatic hydroxyl groups excluding tert-OH is 1. The molecule has 3 aromatic rings. The maximum Gasteiger partial charge on any atom is 0.0897 e. The van der Waals surface area contributed by atoms with Crippen LogP contribution in [-0.4, -0.2) is 19.7 Å². The van der Waals surface area contributed by atoms with Crippen LogP contribution in [-0.2, 0) is 6.42 Å². The van der Waals surface area contributed by atoms with E-state index in [2.05, 4.69) is 10.1 Å². The van der Waals surface area contributed by atoms with Crippen molar-refractivity contribution < 1.29 is 5.11 Å². The van der Waals surface area contributed by atoms with Gasteiger partial charge < -0.3 is 5.11 Å². The van der Waals surface area contributed by atoms with E-state index in [1.54, 1.807) is 22.0 Å². The van der Waals surface area contributed by atoms with E-state index >= 15 is 0 Å². The van der Waals surface area contributed by atoms with Crippen LogP contribution in [0.25, 0.3) is 5.52 Å². The average Bonchev–Trinajstić information content (AvgIpc) is 2.95. The Morgan fingerprint density at radius 1 is 1.44 bits per heavy atom. The minimum atomic E-state index is -0.564. The highest BCUT2D eigenvalue weighted by atomic mass is 32.1. The predicted molar refractivity (Wildman–Crippen MR) is 70.7 cm³/mol. The molecule has 3 aromatic heterocycles. The normalized spacial score (nSPS) is 13.0. The van der Waals surface area contributed by atoms with Gasteiger partial charge in [-0.15, -0.1) is 11.3 Å². The van der Waals surface area contributed by atoms with Gasteiger partial charge in [-0.1, -0.05) is 6.07 Å². The Balaban J connectivity index is 1.90. The van der Waals surface area contributed by atoms with E-state index in [0.717, 1.165) is 21.8 Å². The van der Waals surface area contributed by atoms with Gasteiger partial charge in [-0.05, 0) is 19.1 Å². The fourth-order valence-corrected chi connectivity index (χ4v) is 2.65. The monoisotopic (exact) mass is 259 g/mol. The van der Waals surface area contributed by atoms with Crippen molar-refractivity contribution in [2.45, 2.75) is 19.4 Å². The van der Waals surface area contributed by atoms with Gasteiger partial charge in [-0.25, -0.2) is 9.50 Å². The molecule has 0 aliphatic heterocycles. The van der Waals surface area contributed by atoms with Crippen LogP contribution in [0.5, 0.6) is 0 Å². The molecule has 0 saturated heterocycles. The quantitative estimate of drug-likeness (QED) is 0.785. The third-order valence-electron chi connectivity index (χ3n) is 2.88. The average molecular weight is 259 g/mol. The molecule has 0 aromatic carbocycles. The van der Waals surface area contributed by atoms with Crippen molar-refractivity contribution in [3.05, 3.63) is 52.2 Å². The summed E-state index contributed by atoms with van der Waals surface area (Å²) in [6.07, 6.45) is 3.56. The topological polar surface area (TPSA) is 50.4 Å². The molecule has 1 N–H and O–H groups in total. The van der Waals surface area contributed by atoms with Gasteiger partial charge in [0.15, 0.2) is 0 Å². The number of hydrogen-bond donors (Lipinski definition) is 1. The molecule has 4 nitrogen and oxygen atoms in total. The van der Waals surface area contributed by atoms with Gasteiger partial charge >= 0.3 is 0 Å². The number of aromatic nitrogens is 3. The third kappa shape index (κ3) is 2.02. The number of rotatable bonds is 3. The Hall–Kier alpha value is -1.72. The van der Waals surface area contributed by atoms with Gasteiger partial charge in [0, 0.05) is 23.6 Å². The fourth-order valence-electron chi connectivity index (χ4n) is 2.02. The maximum absolute atomic E-state index is 10.3. The Morgan fingerprint density at radius 2 is 2.33 bits per heavy atom. The molecule has 92 valence electrons. The molecule has 18 heavy (non-hydrogen) atoms. The third-order valence-corrected chi connectivity index (χ3v) is 3.71. The highest BCUT2D eigenvalue weighted by Crippen LogP contribution is 2.23. The molecular formula is C13H13N3OS. The van der Waals surface area contributed by atoms with Crippen molar-refractivity contribution in [1.82, 2.24) is 14.6 Å². The highest BCUT2D eigenvalue weighted by Gasteiger charge is 2.15. The second kappa shape index (κ2) is 4.51. The summed E-state index contributed by atoms with van der Waals surface area (Å²) in [5.41, 5.74) is 2.72. The van der Waals surface area contributed by atoms with Crippen LogP contribution in [0.2, 0.25) is 0 Å². The van der Waals surface area contributed by atoms with Crippen LogP contribution in [0.1, 0.15) is 22.4 Å². The summed E-state index contributed by atoms with van der Waals surface area (Å²) in [6, 6.07) is 5.82. The van der Waals surface area contributed by atoms with Crippen LogP contribution >= 0.6 is 11.3 Å². The molecule has 3 rings (SSSR count). The first-order chi connectivity index (χ1) is 8.74. The summed E-state index contributed by atoms with van der Waals surface area (Å²) in [6.45, 7) is 1.97. The van der Waals surface area contributed by atoms with Crippen molar-refractivity contribution in [3.63, 3.8) is 0 Å². The molecular weight excluding hydrogens is 246 g/mol. The lowest BCUT2D eigenvalue weighted by molar-refractivity contribution is 0.179. The maximum atomic E-state index is 10.3. The van der Waals surface area contributed by atoms with Gasteiger partial charge in [0.05, 0.1) is 28.5 Å². The minimum Gasteiger partial charge on any atom is -0.388 e. The zero-order valence-corrected chi connectivity index (χ0v) is 10.8. The van der Waals surface area contributed by atoms with E-state index in [1.807, 2.05) is 36.7 Å². The van der Waals surface area contributed by atoms with E-state index in [4.69, 9.17) is 0 Å². The molecule has 5 heteroatoms. The number of pyridine rings is 1. The molecule has 0 saturated carbocycles. The van der Waals surface area contributed by atoms with Crippen molar-refractivity contribution in [1.29, 1.82) is 0 Å². The van der Waals surface area contributed by atoms with Gasteiger partial charge in [0.2, 0.25) is 0 Å². The Morgan fingerprint density at radius 3 is 3.11 bits per heavy atom. The van der Waals surface area contributed by atoms with Crippen molar-refractivity contribution in [3.8, 4) is 0 Å². The lowest BCUT2D eigenvalue weighted by Crippen LogP contribution is -2.01. The van der Waals surface area contributed by atoms with E-state index in [1.165, 1.54) is 0 Å². The molecule has 1 unspecified atom stereocenters. The smallest absolute Gasteiger partial charge is 0.0897 e. The summed E-state index contributed by atoms with van der Waals surface area (Å²) in [7, 11) is 0. The van der Waals surface area contributed by atoms with E-state index in [0.29, 0.717) is 6.42 Å². The van der Waals surface area contributed by atoms with Crippen molar-refractivity contribution in [2.75, 3.05) is 0 Å². The van der Waals surface area contributed by atoms with Crippen LogP contribution in [0.3, 0.4) is 0 Å². The summed E-state index contributed by atoms with van der Waals surface area (Å²) < 4.78 is 1.77. The Kier molecular flexibility index (Phi) is 2.85. The largest absolute Gasteiger partial charge is 0.388 e. The van der Waals surface area contributed by atoms with E-state index in [9.17, 15) is 5.11 Å². The van der Waals surface area contributed by atoms with Gasteiger partial charge in [-0.3, -0.25) is 0 Å². The lowest BCUT2D eigenvalue weighted by atomic mass is 10.1. The first kappa shape index (κ1) is 11.4. The summed E-state index contributed by atoms with van der Waals surface area (Å²) in [4.78, 5) is 4.37. The predicted octanol–water partition coefficient (Wildman–Crippen LogP) is 2.38. The van der Waals surface area contributed by atoms with Crippen molar-refractivity contribution >= 4 is 16.9 Å². The van der Waals surface area contributed by atoms with Crippen LogP contribution in [0.4, 0.5) is 0 Å². The van der Waals surface area contributed by atoms with Crippen LogP contribution in [0.15, 0.2) is 36.0 Å². The molecule has 0 spiro atoms. The van der Waals surface area contributed by atoms with Gasteiger partial charge in [0.1, 0.15) is 0 Å². The molecule has 1 atom stereocenters. The molecule has 0 aliphatic carbocycles. The van der Waals surface area contributed by atoms with E-state index in [-0.39, 0.29) is 0 Å². The standard InChI is InChI=1S/C13H13N3OS/c1-9-15-10(8-18-9)6-13(17)11-7-14-16-5-3-2-4-12(11)16/h2-5,7-8,13,17H,6H2,1H3. The molecule has 0 aliphatic rings. The number of fused-ring (bicyclic) bond motifs is 1. The Labute approximate surface area is 109 Å². The number of thiazole rings is 1. The number of nitrogens with zero attached hydrogens (tertiary/aromatic N) is 3. The molecule has 3 heterocycles. The summed E-state index contributed by atoms with van der Waals surface area (Å²) in [5.74, 6) is 0. The number of hydrogen-bond acceptors (Lipinski definition) is 4. The molecule has 0 radical (unpaired) electrons. The minimum absolute atomic E-state index is 0.528. The van der Waals surface area contributed by atoms with Crippen LogP contribution < -0.4 is 0 Å². The highest BCUT2D eigenvalue weighted by molar-refractivity contribution is 7.09. The zero-order valence-electron chi connectivity index (χ0n) is 9.95. The van der Waals surface area contributed by atoms with Crippen LogP contribution in [0, 0.1) is 6.92 Å². The summed E-state index contributed by atoms with van der Waals surface area (Å²) in [5, 5.41) is 17.5. The SMILES string of the molecule is Cc1nc(CC(O)c2cnn3ccccc23)cs1. The van der Waals surface area contributed by atoms with E-state index < -0.39 is 6.10 Å². The molecule has 0 amide bonds. The zero-order chi connectivity index (χ0) is 12.5. The number of aliphatic hydroxyl groups is 1. The molecule has 0 bridgehead atoms. The molecule has 0 fully saturated rings. The summed E-state index contributed by atoms with van der Waals surface area (Å²) >= 11 is 1.60.